The van der Waals surface area contributed by atoms with Crippen LogP contribution in [0.5, 0.6) is 0 Å². The fourth-order valence-electron chi connectivity index (χ4n) is 5.16. The number of allylic oxidation sites excluding steroid dienone is 4. The summed E-state index contributed by atoms with van der Waals surface area (Å²) in [7, 11) is 0. The molecule has 0 heterocycles. The number of hydrogen-bond acceptors (Lipinski definition) is 2. The molecule has 4 unspecified atom stereocenters. The van der Waals surface area contributed by atoms with Gasteiger partial charge in [-0.2, -0.15) is 0 Å². The number of fused-ring (bicyclic) bond motifs is 1. The van der Waals surface area contributed by atoms with Crippen molar-refractivity contribution in [2.45, 2.75) is 66.2 Å². The number of carbonyl (C=O) groups is 2. The second kappa shape index (κ2) is 6.62. The van der Waals surface area contributed by atoms with Gasteiger partial charge < -0.3 is 5.11 Å². The Bertz CT molecular complexity index is 545. The Morgan fingerprint density at radius 2 is 2.09 bits per heavy atom. The first kappa shape index (κ1) is 18.0. The molecule has 1 N–H and O–H groups in total. The zero-order valence-electron chi connectivity index (χ0n) is 14.9. The van der Waals surface area contributed by atoms with Crippen LogP contribution >= 0.6 is 0 Å². The summed E-state index contributed by atoms with van der Waals surface area (Å²) in [4.78, 5) is 22.6. The zero-order valence-corrected chi connectivity index (χ0v) is 14.9. The third kappa shape index (κ3) is 3.15. The van der Waals surface area contributed by atoms with E-state index in [1.807, 2.05) is 6.92 Å². The van der Waals surface area contributed by atoms with E-state index in [1.54, 1.807) is 6.08 Å². The summed E-state index contributed by atoms with van der Waals surface area (Å²) >= 11 is 0. The third-order valence-corrected chi connectivity index (χ3v) is 6.83. The van der Waals surface area contributed by atoms with Crippen molar-refractivity contribution in [3.05, 3.63) is 23.3 Å². The molecule has 2 aliphatic rings. The lowest BCUT2D eigenvalue weighted by Gasteiger charge is -2.57. The summed E-state index contributed by atoms with van der Waals surface area (Å²) in [5, 5.41) is 9.80. The molecule has 2 rings (SSSR count). The monoisotopic (exact) mass is 318 g/mol. The lowest BCUT2D eigenvalue weighted by atomic mass is 9.46. The highest BCUT2D eigenvalue weighted by Crippen LogP contribution is 2.62. The normalized spacial score (nSPS) is 37.7. The van der Waals surface area contributed by atoms with Crippen LogP contribution in [0, 0.1) is 22.7 Å². The van der Waals surface area contributed by atoms with Crippen molar-refractivity contribution in [2.24, 2.45) is 22.7 Å². The topological polar surface area (TPSA) is 54.4 Å². The number of aliphatic carboxylic acids is 1. The molecule has 1 saturated carbocycles. The number of rotatable bonds is 5. The molecular weight excluding hydrogens is 288 g/mol. The van der Waals surface area contributed by atoms with Crippen LogP contribution in [-0.4, -0.2) is 17.4 Å². The van der Waals surface area contributed by atoms with Gasteiger partial charge in [-0.15, -0.1) is 0 Å². The number of hydrogen-bond donors (Lipinski definition) is 1. The standard InChI is InChI=1S/C20H30O3/c1-14(10-13-21)8-11-20(4)16(18(22)23)9-12-19(3)15(2)6-5-7-17(19)20/h6,10,13,16-17H,5,7-9,11-12H2,1-4H3,(H,22,23). The van der Waals surface area contributed by atoms with Gasteiger partial charge in [-0.05, 0) is 75.2 Å². The molecule has 0 aromatic heterocycles. The van der Waals surface area contributed by atoms with E-state index in [-0.39, 0.29) is 16.7 Å². The van der Waals surface area contributed by atoms with Crippen molar-refractivity contribution in [3.8, 4) is 0 Å². The molecule has 0 aromatic rings. The van der Waals surface area contributed by atoms with Crippen LogP contribution in [-0.2, 0) is 9.59 Å². The molecule has 0 amide bonds. The molecule has 0 spiro atoms. The number of carbonyl (C=O) groups excluding carboxylic acids is 1. The summed E-state index contributed by atoms with van der Waals surface area (Å²) in [6, 6.07) is 0. The fraction of sp³-hybridized carbons (Fsp3) is 0.700. The minimum Gasteiger partial charge on any atom is -0.481 e. The first-order valence-electron chi connectivity index (χ1n) is 8.76. The van der Waals surface area contributed by atoms with Gasteiger partial charge in [0.2, 0.25) is 0 Å². The summed E-state index contributed by atoms with van der Waals surface area (Å²) in [6.45, 7) is 8.68. The third-order valence-electron chi connectivity index (χ3n) is 6.83. The molecule has 1 fully saturated rings. The first-order valence-corrected chi connectivity index (χ1v) is 8.76. The summed E-state index contributed by atoms with van der Waals surface area (Å²) < 4.78 is 0. The van der Waals surface area contributed by atoms with Crippen LogP contribution in [0.15, 0.2) is 23.3 Å². The number of carboxylic acid groups (broad SMARTS) is 1. The van der Waals surface area contributed by atoms with Crippen molar-refractivity contribution in [1.29, 1.82) is 0 Å². The van der Waals surface area contributed by atoms with Crippen molar-refractivity contribution < 1.29 is 14.7 Å². The predicted molar refractivity (Wildman–Crippen MR) is 92.1 cm³/mol. The van der Waals surface area contributed by atoms with E-state index in [9.17, 15) is 14.7 Å². The van der Waals surface area contributed by atoms with E-state index in [0.717, 1.165) is 50.4 Å². The summed E-state index contributed by atoms with van der Waals surface area (Å²) in [6.07, 6.45) is 10.3. The second-order valence-corrected chi connectivity index (χ2v) is 8.02. The molecule has 3 heteroatoms. The van der Waals surface area contributed by atoms with Crippen LogP contribution in [0.2, 0.25) is 0 Å². The van der Waals surface area contributed by atoms with Crippen molar-refractivity contribution in [2.75, 3.05) is 0 Å². The maximum atomic E-state index is 11.9. The van der Waals surface area contributed by atoms with E-state index in [0.29, 0.717) is 5.92 Å². The SMILES string of the molecule is CC(=CC=O)CCC1(C)C(C(=O)O)CCC2(C)C(C)=CCCC21. The highest BCUT2D eigenvalue weighted by Gasteiger charge is 2.56. The zero-order chi connectivity index (χ0) is 17.3. The maximum Gasteiger partial charge on any atom is 0.307 e. The summed E-state index contributed by atoms with van der Waals surface area (Å²) in [5.74, 6) is -0.534. The molecule has 0 aromatic carbocycles. The maximum absolute atomic E-state index is 11.9. The molecule has 0 bridgehead atoms. The predicted octanol–water partition coefficient (Wildman–Crippen LogP) is 4.78. The largest absolute Gasteiger partial charge is 0.481 e. The molecule has 2 aliphatic carbocycles. The highest BCUT2D eigenvalue weighted by molar-refractivity contribution is 5.71. The average Bonchev–Trinajstić information content (AvgIpc) is 2.47. The Morgan fingerprint density at radius 3 is 2.70 bits per heavy atom. The Labute approximate surface area is 139 Å². The van der Waals surface area contributed by atoms with Gasteiger partial charge in [0, 0.05) is 0 Å². The molecule has 128 valence electrons. The van der Waals surface area contributed by atoms with Gasteiger partial charge in [-0.3, -0.25) is 9.59 Å². The minimum absolute atomic E-state index is 0.126. The van der Waals surface area contributed by atoms with Gasteiger partial charge in [0.25, 0.3) is 0 Å². The lowest BCUT2D eigenvalue weighted by molar-refractivity contribution is -0.156. The minimum atomic E-state index is -0.654. The first-order chi connectivity index (χ1) is 10.8. The Hall–Kier alpha value is -1.38. The van der Waals surface area contributed by atoms with E-state index in [2.05, 4.69) is 26.8 Å². The summed E-state index contributed by atoms with van der Waals surface area (Å²) in [5.41, 5.74) is 2.39. The van der Waals surface area contributed by atoms with Crippen LogP contribution in [0.1, 0.15) is 66.2 Å². The molecular formula is C20H30O3. The van der Waals surface area contributed by atoms with Gasteiger partial charge in [0.05, 0.1) is 5.92 Å². The van der Waals surface area contributed by atoms with Crippen LogP contribution in [0.25, 0.3) is 0 Å². The molecule has 3 nitrogen and oxygen atoms in total. The van der Waals surface area contributed by atoms with E-state index < -0.39 is 5.97 Å². The molecule has 23 heavy (non-hydrogen) atoms. The fourth-order valence-corrected chi connectivity index (χ4v) is 5.16. The number of aldehydes is 1. The molecule has 4 atom stereocenters. The second-order valence-electron chi connectivity index (χ2n) is 8.02. The molecule has 0 radical (unpaired) electrons. The van der Waals surface area contributed by atoms with Gasteiger partial charge in [0.15, 0.2) is 0 Å². The van der Waals surface area contributed by atoms with Crippen LogP contribution in [0.4, 0.5) is 0 Å². The average molecular weight is 318 g/mol. The van der Waals surface area contributed by atoms with Crippen molar-refractivity contribution in [3.63, 3.8) is 0 Å². The Balaban J connectivity index is 2.35. The van der Waals surface area contributed by atoms with Crippen LogP contribution in [0.3, 0.4) is 0 Å². The van der Waals surface area contributed by atoms with Gasteiger partial charge >= 0.3 is 5.97 Å². The highest BCUT2D eigenvalue weighted by atomic mass is 16.4. The number of carboxylic acids is 1. The van der Waals surface area contributed by atoms with Crippen LogP contribution < -0.4 is 0 Å². The van der Waals surface area contributed by atoms with E-state index in [4.69, 9.17) is 0 Å². The van der Waals surface area contributed by atoms with Gasteiger partial charge in [-0.1, -0.05) is 31.1 Å². The van der Waals surface area contributed by atoms with E-state index >= 15 is 0 Å². The quantitative estimate of drug-likeness (QED) is 0.451. The lowest BCUT2D eigenvalue weighted by Crippen LogP contribution is -2.52. The van der Waals surface area contributed by atoms with Crippen molar-refractivity contribution >= 4 is 12.3 Å². The molecule has 0 aliphatic heterocycles. The van der Waals surface area contributed by atoms with Crippen molar-refractivity contribution in [1.82, 2.24) is 0 Å². The molecule has 0 saturated heterocycles. The van der Waals surface area contributed by atoms with E-state index in [1.165, 1.54) is 5.57 Å². The van der Waals surface area contributed by atoms with Gasteiger partial charge in [0.1, 0.15) is 6.29 Å². The Kier molecular flexibility index (Phi) is 5.17. The Morgan fingerprint density at radius 1 is 1.39 bits per heavy atom. The van der Waals surface area contributed by atoms with Gasteiger partial charge in [-0.25, -0.2) is 0 Å². The smallest absolute Gasteiger partial charge is 0.307 e.